The topological polar surface area (TPSA) is 12.0 Å². The zero-order chi connectivity index (χ0) is 13.0. The molecule has 0 aromatic heterocycles. The number of hydrogen-bond donors (Lipinski definition) is 1. The van der Waals surface area contributed by atoms with Crippen LogP contribution in [0.2, 0.25) is 5.02 Å². The van der Waals surface area contributed by atoms with Crippen LogP contribution in [-0.2, 0) is 6.42 Å². The standard InChI is InChI=1S/C15H15ClFN/c1-18-15(12-6-4-7-13(16)9-12)10-11-5-2-3-8-14(11)17/h2-9,15,18H,10H2,1H3. The van der Waals surface area contributed by atoms with Gasteiger partial charge in [0.25, 0.3) is 0 Å². The maximum atomic E-state index is 13.6. The molecule has 0 bridgehead atoms. The molecular formula is C15H15ClFN. The van der Waals surface area contributed by atoms with Crippen molar-refractivity contribution in [2.24, 2.45) is 0 Å². The maximum absolute atomic E-state index is 13.6. The first-order valence-corrected chi connectivity index (χ1v) is 6.24. The van der Waals surface area contributed by atoms with E-state index >= 15 is 0 Å². The van der Waals surface area contributed by atoms with Crippen molar-refractivity contribution in [2.75, 3.05) is 7.05 Å². The third-order valence-electron chi connectivity index (χ3n) is 2.98. The summed E-state index contributed by atoms with van der Waals surface area (Å²) in [4.78, 5) is 0. The Morgan fingerprint density at radius 2 is 1.94 bits per heavy atom. The van der Waals surface area contributed by atoms with Crippen molar-refractivity contribution in [3.8, 4) is 0 Å². The number of rotatable bonds is 4. The summed E-state index contributed by atoms with van der Waals surface area (Å²) in [6.07, 6.45) is 0.601. The minimum absolute atomic E-state index is 0.0561. The van der Waals surface area contributed by atoms with E-state index in [1.165, 1.54) is 6.07 Å². The molecule has 3 heteroatoms. The highest BCUT2D eigenvalue weighted by Crippen LogP contribution is 2.22. The van der Waals surface area contributed by atoms with Crippen molar-refractivity contribution in [3.63, 3.8) is 0 Å². The number of nitrogens with one attached hydrogen (secondary N) is 1. The molecule has 1 N–H and O–H groups in total. The molecule has 0 aliphatic carbocycles. The van der Waals surface area contributed by atoms with E-state index in [1.54, 1.807) is 6.07 Å². The van der Waals surface area contributed by atoms with Gasteiger partial charge in [0.2, 0.25) is 0 Å². The van der Waals surface area contributed by atoms with Crippen LogP contribution < -0.4 is 5.32 Å². The Hall–Kier alpha value is -1.38. The van der Waals surface area contributed by atoms with Crippen LogP contribution in [-0.4, -0.2) is 7.05 Å². The Balaban J connectivity index is 2.23. The summed E-state index contributed by atoms with van der Waals surface area (Å²) in [7, 11) is 1.87. The molecule has 1 atom stereocenters. The second-order valence-corrected chi connectivity index (χ2v) is 4.63. The van der Waals surface area contributed by atoms with E-state index in [4.69, 9.17) is 11.6 Å². The van der Waals surface area contributed by atoms with Gasteiger partial charge < -0.3 is 5.32 Å². The Bertz CT molecular complexity index is 527. The Labute approximate surface area is 112 Å². The maximum Gasteiger partial charge on any atom is 0.126 e. The predicted octanol–water partition coefficient (Wildman–Crippen LogP) is 3.98. The van der Waals surface area contributed by atoms with Crippen molar-refractivity contribution in [2.45, 2.75) is 12.5 Å². The number of hydrogen-bond acceptors (Lipinski definition) is 1. The normalized spacial score (nSPS) is 12.4. The molecule has 2 aromatic carbocycles. The van der Waals surface area contributed by atoms with Gasteiger partial charge in [-0.25, -0.2) is 4.39 Å². The van der Waals surface area contributed by atoms with Crippen LogP contribution in [0.15, 0.2) is 48.5 Å². The van der Waals surface area contributed by atoms with Gasteiger partial charge >= 0.3 is 0 Å². The molecule has 18 heavy (non-hydrogen) atoms. The van der Waals surface area contributed by atoms with Gasteiger partial charge in [0.15, 0.2) is 0 Å². The predicted molar refractivity (Wildman–Crippen MR) is 73.4 cm³/mol. The van der Waals surface area contributed by atoms with Crippen molar-refractivity contribution < 1.29 is 4.39 Å². The largest absolute Gasteiger partial charge is 0.313 e. The number of benzene rings is 2. The Kier molecular flexibility index (Phi) is 4.34. The molecule has 0 fully saturated rings. The molecule has 0 radical (unpaired) electrons. The summed E-state index contributed by atoms with van der Waals surface area (Å²) in [6.45, 7) is 0. The van der Waals surface area contributed by atoms with Crippen LogP contribution >= 0.6 is 11.6 Å². The second kappa shape index (κ2) is 5.98. The van der Waals surface area contributed by atoms with E-state index in [1.807, 2.05) is 43.4 Å². The lowest BCUT2D eigenvalue weighted by Gasteiger charge is -2.17. The average molecular weight is 264 g/mol. The quantitative estimate of drug-likeness (QED) is 0.880. The fourth-order valence-electron chi connectivity index (χ4n) is 1.99. The van der Waals surface area contributed by atoms with Gasteiger partial charge in [-0.3, -0.25) is 0 Å². The minimum atomic E-state index is -0.167. The lowest BCUT2D eigenvalue weighted by molar-refractivity contribution is 0.554. The van der Waals surface area contributed by atoms with E-state index in [2.05, 4.69) is 5.32 Å². The molecule has 0 saturated carbocycles. The smallest absolute Gasteiger partial charge is 0.126 e. The lowest BCUT2D eigenvalue weighted by atomic mass is 9.99. The number of halogens is 2. The molecule has 0 amide bonds. The molecule has 0 aliphatic rings. The van der Waals surface area contributed by atoms with E-state index in [0.29, 0.717) is 17.0 Å². The molecule has 2 rings (SSSR count). The van der Waals surface area contributed by atoms with Crippen LogP contribution in [0.3, 0.4) is 0 Å². The van der Waals surface area contributed by atoms with Gasteiger partial charge in [0, 0.05) is 11.1 Å². The number of likely N-dealkylation sites (N-methyl/N-ethyl adjacent to an activating group) is 1. The lowest BCUT2D eigenvalue weighted by Crippen LogP contribution is -2.19. The van der Waals surface area contributed by atoms with Crippen molar-refractivity contribution in [3.05, 3.63) is 70.5 Å². The average Bonchev–Trinajstić information content (AvgIpc) is 2.38. The highest BCUT2D eigenvalue weighted by molar-refractivity contribution is 6.30. The van der Waals surface area contributed by atoms with Crippen molar-refractivity contribution in [1.82, 2.24) is 5.32 Å². The molecule has 0 aliphatic heterocycles. The molecule has 94 valence electrons. The van der Waals surface area contributed by atoms with Gasteiger partial charge in [0.05, 0.1) is 0 Å². The fourth-order valence-corrected chi connectivity index (χ4v) is 2.19. The van der Waals surface area contributed by atoms with Crippen LogP contribution in [0.4, 0.5) is 4.39 Å². The molecule has 0 spiro atoms. The van der Waals surface area contributed by atoms with Crippen LogP contribution in [0, 0.1) is 5.82 Å². The summed E-state index contributed by atoms with van der Waals surface area (Å²) < 4.78 is 13.6. The zero-order valence-electron chi connectivity index (χ0n) is 10.2. The van der Waals surface area contributed by atoms with E-state index in [-0.39, 0.29) is 11.9 Å². The first-order chi connectivity index (χ1) is 8.70. The highest BCUT2D eigenvalue weighted by atomic mass is 35.5. The van der Waals surface area contributed by atoms with Crippen molar-refractivity contribution in [1.29, 1.82) is 0 Å². The van der Waals surface area contributed by atoms with Gasteiger partial charge in [0.1, 0.15) is 5.82 Å². The van der Waals surface area contributed by atoms with E-state index in [9.17, 15) is 4.39 Å². The van der Waals surface area contributed by atoms with Gasteiger partial charge in [-0.05, 0) is 42.8 Å². The monoisotopic (exact) mass is 263 g/mol. The summed E-state index contributed by atoms with van der Waals surface area (Å²) >= 11 is 5.98. The Morgan fingerprint density at radius 1 is 1.17 bits per heavy atom. The van der Waals surface area contributed by atoms with Crippen LogP contribution in [0.1, 0.15) is 17.2 Å². The molecule has 0 saturated heterocycles. The van der Waals surface area contributed by atoms with Crippen molar-refractivity contribution >= 4 is 11.6 Å². The molecular weight excluding hydrogens is 249 g/mol. The third-order valence-corrected chi connectivity index (χ3v) is 3.22. The third kappa shape index (κ3) is 3.09. The van der Waals surface area contributed by atoms with Gasteiger partial charge in [-0.1, -0.05) is 41.9 Å². The zero-order valence-corrected chi connectivity index (χ0v) is 10.9. The first kappa shape index (κ1) is 13.1. The summed E-state index contributed by atoms with van der Waals surface area (Å²) in [5.41, 5.74) is 1.77. The van der Waals surface area contributed by atoms with E-state index < -0.39 is 0 Å². The summed E-state index contributed by atoms with van der Waals surface area (Å²) in [5.74, 6) is -0.167. The Morgan fingerprint density at radius 3 is 2.61 bits per heavy atom. The second-order valence-electron chi connectivity index (χ2n) is 4.19. The summed E-state index contributed by atoms with van der Waals surface area (Å²) in [6, 6.07) is 14.5. The molecule has 2 aromatic rings. The molecule has 1 nitrogen and oxygen atoms in total. The highest BCUT2D eigenvalue weighted by Gasteiger charge is 2.12. The minimum Gasteiger partial charge on any atom is -0.313 e. The molecule has 0 heterocycles. The summed E-state index contributed by atoms with van der Waals surface area (Å²) in [5, 5.41) is 3.89. The van der Waals surface area contributed by atoms with E-state index in [0.717, 1.165) is 5.56 Å². The van der Waals surface area contributed by atoms with Gasteiger partial charge in [-0.2, -0.15) is 0 Å². The SMILES string of the molecule is CNC(Cc1ccccc1F)c1cccc(Cl)c1. The molecule has 1 unspecified atom stereocenters. The van der Waals surface area contributed by atoms with Crippen LogP contribution in [0.5, 0.6) is 0 Å². The first-order valence-electron chi connectivity index (χ1n) is 5.87. The van der Waals surface area contributed by atoms with Gasteiger partial charge in [-0.15, -0.1) is 0 Å². The fraction of sp³-hybridized carbons (Fsp3) is 0.200. The van der Waals surface area contributed by atoms with Crippen LogP contribution in [0.25, 0.3) is 0 Å².